The lowest BCUT2D eigenvalue weighted by Gasteiger charge is -2.32. The first-order valence-electron chi connectivity index (χ1n) is 8.10. The van der Waals surface area contributed by atoms with Crippen LogP contribution in [0, 0.1) is 0 Å². The average molecular weight is 326 g/mol. The number of rotatable bonds is 7. The van der Waals surface area contributed by atoms with Crippen molar-refractivity contribution in [3.8, 4) is 0 Å². The Bertz CT molecular complexity index is 627. The molecule has 0 radical (unpaired) electrons. The van der Waals surface area contributed by atoms with Crippen molar-refractivity contribution in [3.63, 3.8) is 0 Å². The summed E-state index contributed by atoms with van der Waals surface area (Å²) in [6.07, 6.45) is 1.63. The Kier molecular flexibility index (Phi) is 6.01. The molecule has 1 N–H and O–H groups in total. The molecule has 126 valence electrons. The minimum atomic E-state index is -0.701. The maximum absolute atomic E-state index is 10.2. The van der Waals surface area contributed by atoms with Gasteiger partial charge in [-0.3, -0.25) is 0 Å². The highest BCUT2D eigenvalue weighted by atomic mass is 16.6. The van der Waals surface area contributed by atoms with Gasteiger partial charge in [0, 0.05) is 0 Å². The molecule has 0 aliphatic carbocycles. The third kappa shape index (κ3) is 4.68. The van der Waals surface area contributed by atoms with Gasteiger partial charge in [-0.05, 0) is 17.2 Å². The van der Waals surface area contributed by atoms with Crippen LogP contribution in [0.15, 0.2) is 73.0 Å². The number of hydrogen-bond acceptors (Lipinski definition) is 4. The van der Waals surface area contributed by atoms with Gasteiger partial charge in [-0.1, -0.05) is 60.7 Å². The molecule has 3 atom stereocenters. The smallest absolute Gasteiger partial charge is 0.150 e. The Hall–Kier alpha value is -2.14. The second kappa shape index (κ2) is 8.64. The van der Waals surface area contributed by atoms with Crippen molar-refractivity contribution in [3.05, 3.63) is 84.1 Å². The van der Waals surface area contributed by atoms with E-state index < -0.39 is 12.2 Å². The van der Waals surface area contributed by atoms with E-state index in [1.54, 1.807) is 6.08 Å². The van der Waals surface area contributed by atoms with E-state index in [9.17, 15) is 5.11 Å². The van der Waals surface area contributed by atoms with Crippen LogP contribution in [0.2, 0.25) is 0 Å². The molecule has 0 amide bonds. The van der Waals surface area contributed by atoms with Gasteiger partial charge in [0.1, 0.15) is 18.3 Å². The van der Waals surface area contributed by atoms with Gasteiger partial charge in [-0.2, -0.15) is 0 Å². The lowest BCUT2D eigenvalue weighted by molar-refractivity contribution is -0.130. The van der Waals surface area contributed by atoms with Gasteiger partial charge in [-0.25, -0.2) is 0 Å². The number of hydrogen-bond donors (Lipinski definition) is 1. The quantitative estimate of drug-likeness (QED) is 0.849. The molecule has 2 aromatic carbocycles. The average Bonchev–Trinajstić information content (AvgIpc) is 2.63. The summed E-state index contributed by atoms with van der Waals surface area (Å²) < 4.78 is 17.2. The summed E-state index contributed by atoms with van der Waals surface area (Å²) >= 11 is 0. The molecule has 0 saturated carbocycles. The molecule has 0 aromatic heterocycles. The van der Waals surface area contributed by atoms with E-state index in [1.165, 1.54) is 6.26 Å². The van der Waals surface area contributed by atoms with Crippen molar-refractivity contribution < 1.29 is 19.3 Å². The molecule has 1 heterocycles. The van der Waals surface area contributed by atoms with Gasteiger partial charge in [0.2, 0.25) is 0 Å². The highest BCUT2D eigenvalue weighted by Gasteiger charge is 2.32. The Morgan fingerprint density at radius 3 is 2.17 bits per heavy atom. The van der Waals surface area contributed by atoms with Crippen LogP contribution in [-0.2, 0) is 27.4 Å². The van der Waals surface area contributed by atoms with Crippen LogP contribution in [-0.4, -0.2) is 30.0 Å². The zero-order valence-electron chi connectivity index (χ0n) is 13.5. The number of ether oxygens (including phenoxy) is 3. The fourth-order valence-corrected chi connectivity index (χ4v) is 2.61. The van der Waals surface area contributed by atoms with E-state index in [1.807, 2.05) is 60.7 Å². The van der Waals surface area contributed by atoms with Crippen molar-refractivity contribution in [2.75, 3.05) is 6.61 Å². The van der Waals surface area contributed by atoms with Crippen LogP contribution in [0.4, 0.5) is 0 Å². The molecule has 2 aromatic rings. The normalized spacial score (nSPS) is 23.0. The molecule has 24 heavy (non-hydrogen) atoms. The summed E-state index contributed by atoms with van der Waals surface area (Å²) in [4.78, 5) is 0. The second-order valence-corrected chi connectivity index (χ2v) is 5.76. The second-order valence-electron chi connectivity index (χ2n) is 5.76. The molecule has 0 unspecified atom stereocenters. The van der Waals surface area contributed by atoms with Gasteiger partial charge >= 0.3 is 0 Å². The van der Waals surface area contributed by atoms with Crippen molar-refractivity contribution in [2.45, 2.75) is 31.5 Å². The predicted octanol–water partition coefficient (Wildman–Crippen LogP) is 3.06. The molecule has 4 heteroatoms. The van der Waals surface area contributed by atoms with E-state index in [2.05, 4.69) is 0 Å². The lowest BCUT2D eigenvalue weighted by atomic mass is 10.1. The minimum absolute atomic E-state index is 0.336. The maximum Gasteiger partial charge on any atom is 0.150 e. The SMILES string of the molecule is O[C@@H]1C=CO[C@H](COCc2ccccc2)[C@H]1OCc1ccccc1. The van der Waals surface area contributed by atoms with Crippen LogP contribution in [0.3, 0.4) is 0 Å². The van der Waals surface area contributed by atoms with Gasteiger partial charge in [-0.15, -0.1) is 0 Å². The zero-order valence-corrected chi connectivity index (χ0v) is 13.5. The summed E-state index contributed by atoms with van der Waals surface area (Å²) in [6.45, 7) is 1.29. The maximum atomic E-state index is 10.2. The molecule has 1 aliphatic heterocycles. The van der Waals surface area contributed by atoms with Crippen LogP contribution < -0.4 is 0 Å². The molecule has 0 bridgehead atoms. The molecule has 1 aliphatic rings. The third-order valence-electron chi connectivity index (χ3n) is 3.91. The Morgan fingerprint density at radius 1 is 0.875 bits per heavy atom. The first kappa shape index (κ1) is 16.7. The highest BCUT2D eigenvalue weighted by Crippen LogP contribution is 2.19. The molecular formula is C20H22O4. The molecule has 0 saturated heterocycles. The Morgan fingerprint density at radius 2 is 1.50 bits per heavy atom. The van der Waals surface area contributed by atoms with E-state index in [0.717, 1.165) is 11.1 Å². The van der Waals surface area contributed by atoms with Crippen LogP contribution in [0.1, 0.15) is 11.1 Å². The van der Waals surface area contributed by atoms with Gasteiger partial charge < -0.3 is 19.3 Å². The van der Waals surface area contributed by atoms with Gasteiger partial charge in [0.05, 0.1) is 26.1 Å². The van der Waals surface area contributed by atoms with Crippen molar-refractivity contribution in [1.29, 1.82) is 0 Å². The monoisotopic (exact) mass is 326 g/mol. The van der Waals surface area contributed by atoms with Crippen molar-refractivity contribution >= 4 is 0 Å². The lowest BCUT2D eigenvalue weighted by Crippen LogP contribution is -2.44. The van der Waals surface area contributed by atoms with E-state index in [0.29, 0.717) is 19.8 Å². The predicted molar refractivity (Wildman–Crippen MR) is 91.1 cm³/mol. The molecule has 3 rings (SSSR count). The summed E-state index contributed by atoms with van der Waals surface area (Å²) in [5, 5.41) is 10.2. The number of benzene rings is 2. The fraction of sp³-hybridized carbons (Fsp3) is 0.300. The first-order valence-corrected chi connectivity index (χ1v) is 8.10. The zero-order chi connectivity index (χ0) is 16.6. The third-order valence-corrected chi connectivity index (χ3v) is 3.91. The Labute approximate surface area is 142 Å². The minimum Gasteiger partial charge on any atom is -0.493 e. The van der Waals surface area contributed by atoms with Crippen LogP contribution in [0.5, 0.6) is 0 Å². The molecule has 0 fully saturated rings. The standard InChI is InChI=1S/C20H22O4/c21-18-11-12-23-19(15-22-13-16-7-3-1-4-8-16)20(18)24-14-17-9-5-2-6-10-17/h1-12,18-21H,13-15H2/t18-,19-,20+/m1/s1. The topological polar surface area (TPSA) is 47.9 Å². The number of aliphatic hydroxyl groups excluding tert-OH is 1. The van der Waals surface area contributed by atoms with Crippen LogP contribution in [0.25, 0.3) is 0 Å². The Balaban J connectivity index is 1.53. The summed E-state index contributed by atoms with van der Waals surface area (Å²) in [6, 6.07) is 19.8. The van der Waals surface area contributed by atoms with E-state index in [-0.39, 0.29) is 6.10 Å². The summed E-state index contributed by atoms with van der Waals surface area (Å²) in [5.74, 6) is 0. The molecular weight excluding hydrogens is 304 g/mol. The van der Waals surface area contributed by atoms with E-state index in [4.69, 9.17) is 14.2 Å². The van der Waals surface area contributed by atoms with Gasteiger partial charge in [0.15, 0.2) is 0 Å². The molecule has 4 nitrogen and oxygen atoms in total. The first-order chi connectivity index (χ1) is 11.8. The fourth-order valence-electron chi connectivity index (χ4n) is 2.61. The summed E-state index contributed by atoms with van der Waals surface area (Å²) in [7, 11) is 0. The molecule has 0 spiro atoms. The van der Waals surface area contributed by atoms with Crippen LogP contribution >= 0.6 is 0 Å². The summed E-state index contributed by atoms with van der Waals surface area (Å²) in [5.41, 5.74) is 2.16. The number of aliphatic hydroxyl groups is 1. The van der Waals surface area contributed by atoms with Crippen molar-refractivity contribution in [1.82, 2.24) is 0 Å². The van der Waals surface area contributed by atoms with Crippen molar-refractivity contribution in [2.24, 2.45) is 0 Å². The van der Waals surface area contributed by atoms with Gasteiger partial charge in [0.25, 0.3) is 0 Å². The highest BCUT2D eigenvalue weighted by molar-refractivity contribution is 5.14. The van der Waals surface area contributed by atoms with E-state index >= 15 is 0 Å². The largest absolute Gasteiger partial charge is 0.493 e.